The number of ether oxygens (including phenoxy) is 2. The minimum Gasteiger partial charge on any atom is -0.497 e. The van der Waals surface area contributed by atoms with Crippen molar-refractivity contribution in [3.05, 3.63) is 54.2 Å². The van der Waals surface area contributed by atoms with Crippen LogP contribution in [0, 0.1) is 0 Å². The Morgan fingerprint density at radius 2 is 1.74 bits per heavy atom. The number of nitrogens with one attached hydrogen (secondary N) is 2. The minimum atomic E-state index is 0.366. The molecule has 0 saturated carbocycles. The van der Waals surface area contributed by atoms with Gasteiger partial charge < -0.3 is 20.1 Å². The Balaban J connectivity index is 1.83. The van der Waals surface area contributed by atoms with Crippen molar-refractivity contribution in [2.75, 3.05) is 24.9 Å². The third-order valence-electron chi connectivity index (χ3n) is 4.06. The normalized spacial score (nSPS) is 10.6. The third-order valence-corrected chi connectivity index (χ3v) is 4.06. The molecule has 0 radical (unpaired) electrons. The number of anilines is 4. The Hall–Kier alpha value is -3.35. The van der Waals surface area contributed by atoms with Gasteiger partial charge in [-0.05, 0) is 29.7 Å². The van der Waals surface area contributed by atoms with Crippen LogP contribution in [0.4, 0.5) is 23.1 Å². The summed E-state index contributed by atoms with van der Waals surface area (Å²) in [4.78, 5) is 4.50. The molecule has 2 N–H and O–H groups in total. The van der Waals surface area contributed by atoms with Gasteiger partial charge in [-0.1, -0.05) is 32.0 Å². The molecule has 7 heteroatoms. The van der Waals surface area contributed by atoms with Crippen LogP contribution in [0.1, 0.15) is 25.3 Å². The van der Waals surface area contributed by atoms with Gasteiger partial charge in [-0.2, -0.15) is 10.1 Å². The molecule has 0 fully saturated rings. The zero-order valence-corrected chi connectivity index (χ0v) is 15.9. The molecular weight excluding hydrogens is 342 g/mol. The largest absolute Gasteiger partial charge is 0.497 e. The summed E-state index contributed by atoms with van der Waals surface area (Å²) in [6, 6.07) is 13.6. The zero-order chi connectivity index (χ0) is 19.2. The fraction of sp³-hybridized carbons (Fsp3) is 0.250. The monoisotopic (exact) mass is 365 g/mol. The average molecular weight is 365 g/mol. The van der Waals surface area contributed by atoms with Crippen LogP contribution in [0.5, 0.6) is 11.5 Å². The van der Waals surface area contributed by atoms with E-state index in [0.717, 1.165) is 11.4 Å². The maximum Gasteiger partial charge on any atom is 0.249 e. The highest BCUT2D eigenvalue weighted by molar-refractivity contribution is 5.66. The van der Waals surface area contributed by atoms with Crippen molar-refractivity contribution in [3.8, 4) is 11.5 Å². The van der Waals surface area contributed by atoms with Crippen LogP contribution in [-0.4, -0.2) is 29.4 Å². The summed E-state index contributed by atoms with van der Waals surface area (Å²) in [5, 5.41) is 14.5. The lowest BCUT2D eigenvalue weighted by molar-refractivity contribution is 0.395. The van der Waals surface area contributed by atoms with Crippen molar-refractivity contribution in [1.82, 2.24) is 15.2 Å². The van der Waals surface area contributed by atoms with Crippen LogP contribution in [-0.2, 0) is 0 Å². The Morgan fingerprint density at radius 1 is 0.926 bits per heavy atom. The maximum absolute atomic E-state index is 5.39. The van der Waals surface area contributed by atoms with E-state index < -0.39 is 0 Å². The second kappa shape index (κ2) is 8.35. The summed E-state index contributed by atoms with van der Waals surface area (Å²) in [5.74, 6) is 2.70. The van der Waals surface area contributed by atoms with Crippen molar-refractivity contribution >= 4 is 23.1 Å². The van der Waals surface area contributed by atoms with Gasteiger partial charge in [0.15, 0.2) is 5.82 Å². The van der Waals surface area contributed by atoms with E-state index in [9.17, 15) is 0 Å². The molecule has 0 bridgehead atoms. The molecule has 7 nitrogen and oxygen atoms in total. The molecule has 0 aliphatic carbocycles. The van der Waals surface area contributed by atoms with E-state index in [1.54, 1.807) is 26.5 Å². The first-order valence-electron chi connectivity index (χ1n) is 8.65. The molecule has 0 atom stereocenters. The average Bonchev–Trinajstić information content (AvgIpc) is 2.69. The molecule has 1 heterocycles. The van der Waals surface area contributed by atoms with Gasteiger partial charge >= 0.3 is 0 Å². The number of rotatable bonds is 7. The fourth-order valence-corrected chi connectivity index (χ4v) is 2.69. The lowest BCUT2D eigenvalue weighted by atomic mass is 10.0. The van der Waals surface area contributed by atoms with Gasteiger partial charge in [0, 0.05) is 11.8 Å². The SMILES string of the molecule is COc1ccc(Nc2nncc(Nc3ccccc3C(C)C)n2)c(OC)c1. The van der Waals surface area contributed by atoms with Gasteiger partial charge in [0.05, 0.1) is 26.1 Å². The van der Waals surface area contributed by atoms with Gasteiger partial charge in [-0.15, -0.1) is 5.10 Å². The molecule has 3 rings (SSSR count). The molecule has 0 unspecified atom stereocenters. The Morgan fingerprint density at radius 3 is 2.48 bits per heavy atom. The van der Waals surface area contributed by atoms with E-state index in [-0.39, 0.29) is 0 Å². The molecule has 0 aliphatic heterocycles. The van der Waals surface area contributed by atoms with Gasteiger partial charge in [0.25, 0.3) is 0 Å². The maximum atomic E-state index is 5.39. The van der Waals surface area contributed by atoms with Crippen molar-refractivity contribution in [2.24, 2.45) is 0 Å². The second-order valence-electron chi connectivity index (χ2n) is 6.22. The smallest absolute Gasteiger partial charge is 0.249 e. The molecule has 0 spiro atoms. The summed E-state index contributed by atoms with van der Waals surface area (Å²) in [5.41, 5.74) is 2.93. The van der Waals surface area contributed by atoms with Crippen LogP contribution in [0.15, 0.2) is 48.7 Å². The van der Waals surface area contributed by atoms with Crippen molar-refractivity contribution < 1.29 is 9.47 Å². The minimum absolute atomic E-state index is 0.366. The molecule has 27 heavy (non-hydrogen) atoms. The first-order valence-corrected chi connectivity index (χ1v) is 8.65. The summed E-state index contributed by atoms with van der Waals surface area (Å²) < 4.78 is 10.6. The number of hydrogen-bond donors (Lipinski definition) is 2. The van der Waals surface area contributed by atoms with E-state index in [0.29, 0.717) is 29.2 Å². The van der Waals surface area contributed by atoms with Gasteiger partial charge in [0.2, 0.25) is 5.95 Å². The Bertz CT molecular complexity index is 914. The van der Waals surface area contributed by atoms with Crippen molar-refractivity contribution in [3.63, 3.8) is 0 Å². The topological polar surface area (TPSA) is 81.2 Å². The van der Waals surface area contributed by atoms with E-state index in [4.69, 9.17) is 9.47 Å². The standard InChI is InChI=1S/C20H23N5O2/c1-13(2)15-7-5-6-8-16(15)22-19-12-21-25-20(24-19)23-17-10-9-14(26-3)11-18(17)27-4/h5-13H,1-4H3,(H2,22,23,24,25). The Kier molecular flexibility index (Phi) is 5.71. The van der Waals surface area contributed by atoms with E-state index in [1.165, 1.54) is 5.56 Å². The molecular formula is C20H23N5O2. The summed E-state index contributed by atoms with van der Waals surface area (Å²) in [6.45, 7) is 4.31. The lowest BCUT2D eigenvalue weighted by Crippen LogP contribution is -2.04. The van der Waals surface area contributed by atoms with Gasteiger partial charge in [-0.25, -0.2) is 0 Å². The number of aromatic nitrogens is 3. The first kappa shape index (κ1) is 18.4. The van der Waals surface area contributed by atoms with Crippen LogP contribution < -0.4 is 20.1 Å². The van der Waals surface area contributed by atoms with Gasteiger partial charge in [0.1, 0.15) is 11.5 Å². The predicted molar refractivity (Wildman–Crippen MR) is 106 cm³/mol. The summed E-state index contributed by atoms with van der Waals surface area (Å²) in [6.07, 6.45) is 1.59. The molecule has 3 aromatic rings. The van der Waals surface area contributed by atoms with Gasteiger partial charge in [-0.3, -0.25) is 0 Å². The summed E-state index contributed by atoms with van der Waals surface area (Å²) in [7, 11) is 3.21. The lowest BCUT2D eigenvalue weighted by Gasteiger charge is -2.14. The van der Waals surface area contributed by atoms with Crippen LogP contribution in [0.3, 0.4) is 0 Å². The van der Waals surface area contributed by atoms with Crippen LogP contribution in [0.2, 0.25) is 0 Å². The number of hydrogen-bond acceptors (Lipinski definition) is 7. The first-order chi connectivity index (χ1) is 13.1. The Labute approximate surface area is 158 Å². The molecule has 0 aliphatic rings. The fourth-order valence-electron chi connectivity index (χ4n) is 2.69. The number of benzene rings is 2. The summed E-state index contributed by atoms with van der Waals surface area (Å²) >= 11 is 0. The second-order valence-corrected chi connectivity index (χ2v) is 6.22. The third kappa shape index (κ3) is 4.44. The number of methoxy groups -OCH3 is 2. The molecule has 2 aromatic carbocycles. The quantitative estimate of drug-likeness (QED) is 0.638. The highest BCUT2D eigenvalue weighted by Gasteiger charge is 2.10. The van der Waals surface area contributed by atoms with E-state index >= 15 is 0 Å². The van der Waals surface area contributed by atoms with Crippen molar-refractivity contribution in [2.45, 2.75) is 19.8 Å². The van der Waals surface area contributed by atoms with Crippen LogP contribution >= 0.6 is 0 Å². The van der Waals surface area contributed by atoms with E-state index in [2.05, 4.69) is 45.7 Å². The van der Waals surface area contributed by atoms with Crippen molar-refractivity contribution in [1.29, 1.82) is 0 Å². The number of nitrogens with zero attached hydrogens (tertiary/aromatic N) is 3. The molecule has 1 aromatic heterocycles. The number of para-hydroxylation sites is 1. The van der Waals surface area contributed by atoms with E-state index in [1.807, 2.05) is 30.3 Å². The zero-order valence-electron chi connectivity index (χ0n) is 15.9. The molecule has 0 saturated heterocycles. The predicted octanol–water partition coefficient (Wildman–Crippen LogP) is 4.50. The molecule has 140 valence electrons. The van der Waals surface area contributed by atoms with Crippen LogP contribution in [0.25, 0.3) is 0 Å². The highest BCUT2D eigenvalue weighted by Crippen LogP contribution is 2.31. The molecule has 0 amide bonds. The highest BCUT2D eigenvalue weighted by atomic mass is 16.5.